The highest BCUT2D eigenvalue weighted by Gasteiger charge is 2.12. The number of benzene rings is 1. The van der Waals surface area contributed by atoms with Crippen molar-refractivity contribution in [1.82, 2.24) is 0 Å². The lowest BCUT2D eigenvalue weighted by Crippen LogP contribution is -1.93. The van der Waals surface area contributed by atoms with Crippen LogP contribution in [0.5, 0.6) is 0 Å². The van der Waals surface area contributed by atoms with E-state index in [1.165, 1.54) is 217 Å². The number of rotatable bonds is 36. The van der Waals surface area contributed by atoms with Crippen molar-refractivity contribution in [2.75, 3.05) is 0 Å². The summed E-state index contributed by atoms with van der Waals surface area (Å²) >= 11 is 6.05. The molecule has 0 aliphatic heterocycles. The molecule has 0 radical (unpaired) electrons. The second kappa shape index (κ2) is 33.3. The number of hydrogen-bond donors (Lipinski definition) is 2. The van der Waals surface area contributed by atoms with Gasteiger partial charge in [-0.2, -0.15) is 0 Å². The molecule has 0 bridgehead atoms. The molecule has 5 heteroatoms. The van der Waals surface area contributed by atoms with Gasteiger partial charge in [0, 0.05) is 4.90 Å². The molecule has 276 valence electrons. The van der Waals surface area contributed by atoms with Crippen molar-refractivity contribution in [1.29, 1.82) is 0 Å². The minimum absolute atomic E-state index is 0.943. The monoisotopic (exact) mass is 711 g/mol. The van der Waals surface area contributed by atoms with Crippen LogP contribution >= 0.6 is 17.1 Å². The number of hydrogen-bond acceptors (Lipinski definition) is 2. The highest BCUT2D eigenvalue weighted by Crippen LogP contribution is 2.55. The molecule has 0 aliphatic rings. The quantitative estimate of drug-likeness (QED) is 0.0537. The van der Waals surface area contributed by atoms with Crippen molar-refractivity contribution in [3.63, 3.8) is 0 Å². The van der Waals surface area contributed by atoms with E-state index in [2.05, 4.69) is 32.0 Å². The molecule has 0 saturated heterocycles. The maximum Gasteiger partial charge on any atom is 0.246 e. The van der Waals surface area contributed by atoms with Gasteiger partial charge in [-0.3, -0.25) is 0 Å². The van der Waals surface area contributed by atoms with Crippen LogP contribution in [0.25, 0.3) is 0 Å². The minimum atomic E-state index is -3.31. The van der Waals surface area contributed by atoms with Gasteiger partial charge in [0.15, 0.2) is 0 Å². The Kier molecular flexibility index (Phi) is 32.0. The van der Waals surface area contributed by atoms with Crippen LogP contribution in [0.1, 0.15) is 230 Å². The molecule has 2 nitrogen and oxygen atoms in total. The van der Waals surface area contributed by atoms with E-state index in [-0.39, 0.29) is 0 Å². The number of aryl methyl sites for hydroxylation is 2. The lowest BCUT2D eigenvalue weighted by atomic mass is 9.99. The average molecular weight is 711 g/mol. The van der Waals surface area contributed by atoms with E-state index in [1.807, 2.05) is 0 Å². The van der Waals surface area contributed by atoms with E-state index in [0.717, 1.165) is 29.1 Å². The summed E-state index contributed by atoms with van der Waals surface area (Å²) in [5, 5.41) is 0. The molecule has 1 aromatic carbocycles. The zero-order chi connectivity index (χ0) is 34.1. The molecule has 0 spiro atoms. The van der Waals surface area contributed by atoms with E-state index < -0.39 is 5.69 Å². The zero-order valence-corrected chi connectivity index (χ0v) is 34.0. The van der Waals surface area contributed by atoms with Gasteiger partial charge in [0.1, 0.15) is 0 Å². The molecule has 0 aromatic heterocycles. The Morgan fingerprint density at radius 3 is 0.872 bits per heavy atom. The van der Waals surface area contributed by atoms with Crippen molar-refractivity contribution < 1.29 is 9.79 Å². The fourth-order valence-corrected chi connectivity index (χ4v) is 9.56. The highest BCUT2D eigenvalue weighted by atomic mass is 32.9. The van der Waals surface area contributed by atoms with Crippen LogP contribution in [0.2, 0.25) is 0 Å². The van der Waals surface area contributed by atoms with Crippen molar-refractivity contribution in [3.05, 3.63) is 29.3 Å². The third-order valence-electron chi connectivity index (χ3n) is 9.89. The molecule has 0 aliphatic carbocycles. The molecular weight excluding hydrogens is 632 g/mol. The van der Waals surface area contributed by atoms with Crippen LogP contribution in [0.3, 0.4) is 0 Å². The molecule has 0 saturated carbocycles. The maximum absolute atomic E-state index is 9.95. The lowest BCUT2D eigenvalue weighted by molar-refractivity contribution is 0.502. The van der Waals surface area contributed by atoms with Gasteiger partial charge >= 0.3 is 0 Å². The number of unbranched alkanes of at least 4 members (excludes halogenated alkanes) is 30. The SMILES string of the molecule is CCCCCCCCCCCCCCCCCCc1cc(CCCCCCCCCCCCCCCCCC)cc(SP(O)(O)=S)c1. The van der Waals surface area contributed by atoms with Gasteiger partial charge in [-0.05, 0) is 72.1 Å². The third kappa shape index (κ3) is 31.8. The van der Waals surface area contributed by atoms with Crippen LogP contribution in [0.15, 0.2) is 23.1 Å². The van der Waals surface area contributed by atoms with Gasteiger partial charge in [-0.25, -0.2) is 0 Å². The standard InChI is InChI=1S/C42H79O2PS2/c1-3-5-7-9-11-13-15-17-19-21-23-25-27-29-31-33-35-40-37-41(39-42(38-40)47-45(43,44)46)36-34-32-30-28-26-24-22-20-18-16-14-12-10-8-6-4-2/h37-39H,3-36H2,1-2H3,(H2,43,44,46). The fourth-order valence-electron chi connectivity index (χ4n) is 6.96. The van der Waals surface area contributed by atoms with E-state index in [4.69, 9.17) is 11.8 Å². The van der Waals surface area contributed by atoms with Crippen LogP contribution in [-0.4, -0.2) is 9.79 Å². The summed E-state index contributed by atoms with van der Waals surface area (Å²) in [5.41, 5.74) is -0.620. The van der Waals surface area contributed by atoms with Crippen LogP contribution in [0, 0.1) is 0 Å². The molecule has 47 heavy (non-hydrogen) atoms. The Balaban J connectivity index is 2.13. The Hall–Kier alpha value is 0.140. The van der Waals surface area contributed by atoms with Crippen molar-refractivity contribution in [3.8, 4) is 0 Å². The van der Waals surface area contributed by atoms with Gasteiger partial charge in [0.2, 0.25) is 5.69 Å². The summed E-state index contributed by atoms with van der Waals surface area (Å²) in [6.07, 6.45) is 46.8. The molecule has 0 atom stereocenters. The second-order valence-electron chi connectivity index (χ2n) is 14.7. The molecule has 0 unspecified atom stereocenters. The Morgan fingerprint density at radius 2 is 0.638 bits per heavy atom. The first-order chi connectivity index (χ1) is 22.9. The van der Waals surface area contributed by atoms with Crippen LogP contribution in [-0.2, 0) is 24.6 Å². The summed E-state index contributed by atoms with van der Waals surface area (Å²) in [6.45, 7) is 4.59. The largest absolute Gasteiger partial charge is 0.337 e. The van der Waals surface area contributed by atoms with Crippen molar-refractivity contribution in [2.45, 2.75) is 237 Å². The van der Waals surface area contributed by atoms with Crippen LogP contribution in [0.4, 0.5) is 0 Å². The Labute approximate surface area is 303 Å². The summed E-state index contributed by atoms with van der Waals surface area (Å²) in [5.74, 6) is 0. The van der Waals surface area contributed by atoms with Crippen LogP contribution < -0.4 is 0 Å². The zero-order valence-electron chi connectivity index (χ0n) is 31.4. The molecule has 1 rings (SSSR count). The summed E-state index contributed by atoms with van der Waals surface area (Å²) in [4.78, 5) is 20.8. The van der Waals surface area contributed by atoms with Gasteiger partial charge in [0.05, 0.1) is 0 Å². The summed E-state index contributed by atoms with van der Waals surface area (Å²) in [7, 11) is 0. The Morgan fingerprint density at radius 1 is 0.404 bits per heavy atom. The van der Waals surface area contributed by atoms with E-state index in [0.29, 0.717) is 0 Å². The first-order valence-electron chi connectivity index (χ1n) is 20.8. The van der Waals surface area contributed by atoms with Gasteiger partial charge in [0.25, 0.3) is 0 Å². The summed E-state index contributed by atoms with van der Waals surface area (Å²) < 4.78 is 0. The average Bonchev–Trinajstić information content (AvgIpc) is 3.03. The van der Waals surface area contributed by atoms with E-state index >= 15 is 0 Å². The maximum atomic E-state index is 9.95. The predicted octanol–water partition coefficient (Wildman–Crippen LogP) is 15.6. The molecule has 0 fully saturated rings. The fraction of sp³-hybridized carbons (Fsp3) is 0.857. The molecule has 0 amide bonds. The molecular formula is C42H79O2PS2. The van der Waals surface area contributed by atoms with Crippen molar-refractivity contribution >= 4 is 28.9 Å². The molecule has 0 heterocycles. The van der Waals surface area contributed by atoms with Gasteiger partial charge < -0.3 is 9.79 Å². The predicted molar refractivity (Wildman–Crippen MR) is 218 cm³/mol. The van der Waals surface area contributed by atoms with Gasteiger partial charge in [-0.1, -0.05) is 213 Å². The van der Waals surface area contributed by atoms with E-state index in [1.54, 1.807) is 0 Å². The van der Waals surface area contributed by atoms with E-state index in [9.17, 15) is 9.79 Å². The topological polar surface area (TPSA) is 40.5 Å². The second-order valence-corrected chi connectivity index (χ2v) is 20.6. The Bertz CT molecular complexity index is 801. The van der Waals surface area contributed by atoms with Gasteiger partial charge in [-0.15, -0.1) is 0 Å². The van der Waals surface area contributed by atoms with Crippen molar-refractivity contribution in [2.24, 2.45) is 0 Å². The minimum Gasteiger partial charge on any atom is -0.337 e. The summed E-state index contributed by atoms with van der Waals surface area (Å²) in [6, 6.07) is 6.68. The normalized spacial score (nSPS) is 11.9. The lowest BCUT2D eigenvalue weighted by Gasteiger charge is -2.12. The highest BCUT2D eigenvalue weighted by molar-refractivity contribution is 8.67. The third-order valence-corrected chi connectivity index (χ3v) is 12.6. The molecule has 1 aromatic rings. The smallest absolute Gasteiger partial charge is 0.246 e. The molecule has 2 N–H and O–H groups in total. The first-order valence-corrected chi connectivity index (χ1v) is 25.0. The first kappa shape index (κ1) is 45.2.